The number of ether oxygens (including phenoxy) is 1. The van der Waals surface area contributed by atoms with Gasteiger partial charge < -0.3 is 10.1 Å². The predicted octanol–water partition coefficient (Wildman–Crippen LogP) is 2.23. The standard InChI is InChI=1S/C9H8BrNO2/c10-7-4-2-1-3-6(7)8-5-13-9(12)11-8/h1-4,8H,5H2,(H,11,12)/t8-/m1/s1. The molecule has 0 unspecified atom stereocenters. The van der Waals surface area contributed by atoms with Crippen molar-refractivity contribution in [2.24, 2.45) is 0 Å². The number of halogens is 1. The molecule has 0 spiro atoms. The molecule has 0 aliphatic carbocycles. The Morgan fingerprint density at radius 2 is 2.23 bits per heavy atom. The predicted molar refractivity (Wildman–Crippen MR) is 51.4 cm³/mol. The molecule has 0 aromatic heterocycles. The van der Waals surface area contributed by atoms with E-state index in [4.69, 9.17) is 4.74 Å². The minimum Gasteiger partial charge on any atom is -0.447 e. The van der Waals surface area contributed by atoms with E-state index in [1.165, 1.54) is 0 Å². The van der Waals surface area contributed by atoms with Crippen LogP contribution in [0.2, 0.25) is 0 Å². The summed E-state index contributed by atoms with van der Waals surface area (Å²) in [5.74, 6) is 0. The zero-order valence-corrected chi connectivity index (χ0v) is 8.37. The number of amides is 1. The van der Waals surface area contributed by atoms with Gasteiger partial charge in [0.15, 0.2) is 0 Å². The molecule has 2 rings (SSSR count). The van der Waals surface area contributed by atoms with E-state index in [9.17, 15) is 4.79 Å². The van der Waals surface area contributed by atoms with E-state index in [2.05, 4.69) is 21.2 Å². The highest BCUT2D eigenvalue weighted by Gasteiger charge is 2.24. The SMILES string of the molecule is O=C1N[C@@H](c2ccccc2Br)CO1. The van der Waals surface area contributed by atoms with Crippen LogP contribution in [0.15, 0.2) is 28.7 Å². The summed E-state index contributed by atoms with van der Waals surface area (Å²) in [7, 11) is 0. The van der Waals surface area contributed by atoms with Gasteiger partial charge in [-0.15, -0.1) is 0 Å². The van der Waals surface area contributed by atoms with Gasteiger partial charge in [0.2, 0.25) is 0 Å². The molecule has 1 aromatic rings. The Balaban J connectivity index is 2.26. The number of benzene rings is 1. The molecule has 1 N–H and O–H groups in total. The fourth-order valence-corrected chi connectivity index (χ4v) is 1.87. The largest absolute Gasteiger partial charge is 0.447 e. The molecule has 1 fully saturated rings. The maximum atomic E-state index is 10.8. The van der Waals surface area contributed by atoms with Crippen molar-refractivity contribution >= 4 is 22.0 Å². The first kappa shape index (κ1) is 8.56. The molecule has 1 saturated heterocycles. The van der Waals surface area contributed by atoms with E-state index < -0.39 is 0 Å². The third-order valence-electron chi connectivity index (χ3n) is 1.95. The molecule has 4 heteroatoms. The highest BCUT2D eigenvalue weighted by atomic mass is 79.9. The zero-order valence-electron chi connectivity index (χ0n) is 6.79. The van der Waals surface area contributed by atoms with Crippen LogP contribution in [0.5, 0.6) is 0 Å². The lowest BCUT2D eigenvalue weighted by molar-refractivity contribution is 0.177. The summed E-state index contributed by atoms with van der Waals surface area (Å²) in [6.45, 7) is 0.404. The van der Waals surface area contributed by atoms with Gasteiger partial charge in [-0.3, -0.25) is 0 Å². The van der Waals surface area contributed by atoms with E-state index in [-0.39, 0.29) is 12.1 Å². The van der Waals surface area contributed by atoms with Crippen LogP contribution in [0, 0.1) is 0 Å². The number of alkyl carbamates (subject to hydrolysis) is 1. The number of cyclic esters (lactones) is 1. The van der Waals surface area contributed by atoms with Crippen molar-refractivity contribution in [3.05, 3.63) is 34.3 Å². The van der Waals surface area contributed by atoms with Crippen LogP contribution >= 0.6 is 15.9 Å². The summed E-state index contributed by atoms with van der Waals surface area (Å²) < 4.78 is 5.80. The molecule has 1 aliphatic rings. The maximum Gasteiger partial charge on any atom is 0.407 e. The minimum absolute atomic E-state index is 0.0249. The van der Waals surface area contributed by atoms with E-state index in [0.29, 0.717) is 6.61 Å². The lowest BCUT2D eigenvalue weighted by Gasteiger charge is -2.08. The molecule has 1 aliphatic heterocycles. The van der Waals surface area contributed by atoms with Crippen molar-refractivity contribution in [1.29, 1.82) is 0 Å². The molecule has 13 heavy (non-hydrogen) atoms. The quantitative estimate of drug-likeness (QED) is 0.819. The molecule has 1 aromatic carbocycles. The van der Waals surface area contributed by atoms with Gasteiger partial charge in [0.25, 0.3) is 0 Å². The Hall–Kier alpha value is -1.03. The van der Waals surface area contributed by atoms with Gasteiger partial charge in [-0.2, -0.15) is 0 Å². The van der Waals surface area contributed by atoms with Crippen LogP contribution in [0.25, 0.3) is 0 Å². The molecule has 1 atom stereocenters. The van der Waals surface area contributed by atoms with Crippen LogP contribution < -0.4 is 5.32 Å². The van der Waals surface area contributed by atoms with Crippen molar-refractivity contribution in [3.8, 4) is 0 Å². The summed E-state index contributed by atoms with van der Waals surface area (Å²) in [4.78, 5) is 10.8. The monoisotopic (exact) mass is 241 g/mol. The van der Waals surface area contributed by atoms with Gasteiger partial charge in [-0.1, -0.05) is 34.1 Å². The van der Waals surface area contributed by atoms with E-state index in [1.807, 2.05) is 24.3 Å². The van der Waals surface area contributed by atoms with Crippen LogP contribution in [0.1, 0.15) is 11.6 Å². The van der Waals surface area contributed by atoms with Crippen molar-refractivity contribution in [3.63, 3.8) is 0 Å². The minimum atomic E-state index is -0.347. The second kappa shape index (κ2) is 3.38. The van der Waals surface area contributed by atoms with Gasteiger partial charge in [0, 0.05) is 4.47 Å². The van der Waals surface area contributed by atoms with Crippen LogP contribution in [-0.4, -0.2) is 12.7 Å². The molecule has 1 heterocycles. The Morgan fingerprint density at radius 3 is 2.85 bits per heavy atom. The first-order valence-electron chi connectivity index (χ1n) is 3.95. The summed E-state index contributed by atoms with van der Waals surface area (Å²) in [5, 5.41) is 2.72. The van der Waals surface area contributed by atoms with Gasteiger partial charge >= 0.3 is 6.09 Å². The van der Waals surface area contributed by atoms with E-state index >= 15 is 0 Å². The summed E-state index contributed by atoms with van der Waals surface area (Å²) in [6, 6.07) is 7.75. The van der Waals surface area contributed by atoms with E-state index in [0.717, 1.165) is 10.0 Å². The number of rotatable bonds is 1. The number of hydrogen-bond acceptors (Lipinski definition) is 2. The zero-order chi connectivity index (χ0) is 9.26. The van der Waals surface area contributed by atoms with Crippen molar-refractivity contribution in [2.45, 2.75) is 6.04 Å². The topological polar surface area (TPSA) is 38.3 Å². The summed E-state index contributed by atoms with van der Waals surface area (Å²) in [5.41, 5.74) is 1.05. The lowest BCUT2D eigenvalue weighted by atomic mass is 10.1. The second-order valence-electron chi connectivity index (χ2n) is 2.82. The normalized spacial score (nSPS) is 21.0. The summed E-state index contributed by atoms with van der Waals surface area (Å²) in [6.07, 6.45) is -0.347. The van der Waals surface area contributed by atoms with E-state index in [1.54, 1.807) is 0 Å². The first-order chi connectivity index (χ1) is 6.27. The third kappa shape index (κ3) is 1.67. The third-order valence-corrected chi connectivity index (χ3v) is 2.68. The summed E-state index contributed by atoms with van der Waals surface area (Å²) >= 11 is 3.42. The Bertz CT molecular complexity index is 340. The average Bonchev–Trinajstić information content (AvgIpc) is 2.53. The number of carbonyl (C=O) groups excluding carboxylic acids is 1. The number of carbonyl (C=O) groups is 1. The van der Waals surface area contributed by atoms with Gasteiger partial charge in [-0.25, -0.2) is 4.79 Å². The van der Waals surface area contributed by atoms with Crippen molar-refractivity contribution in [2.75, 3.05) is 6.61 Å². The van der Waals surface area contributed by atoms with Gasteiger partial charge in [0.05, 0.1) is 6.04 Å². The molecule has 0 saturated carbocycles. The molecule has 68 valence electrons. The molecule has 0 bridgehead atoms. The highest BCUT2D eigenvalue weighted by Crippen LogP contribution is 2.25. The molecule has 3 nitrogen and oxygen atoms in total. The molecule has 0 radical (unpaired) electrons. The molecular formula is C9H8BrNO2. The maximum absolute atomic E-state index is 10.8. The van der Waals surface area contributed by atoms with Crippen molar-refractivity contribution in [1.82, 2.24) is 5.32 Å². The molecule has 1 amide bonds. The number of hydrogen-bond donors (Lipinski definition) is 1. The first-order valence-corrected chi connectivity index (χ1v) is 4.74. The Labute approximate surface area is 84.2 Å². The van der Waals surface area contributed by atoms with Crippen molar-refractivity contribution < 1.29 is 9.53 Å². The van der Waals surface area contributed by atoms with Crippen LogP contribution in [0.4, 0.5) is 4.79 Å². The Kier molecular flexibility index (Phi) is 2.22. The molecular weight excluding hydrogens is 234 g/mol. The lowest BCUT2D eigenvalue weighted by Crippen LogP contribution is -2.18. The fourth-order valence-electron chi connectivity index (χ4n) is 1.31. The average molecular weight is 242 g/mol. The van der Waals surface area contributed by atoms with Gasteiger partial charge in [0.1, 0.15) is 6.61 Å². The fraction of sp³-hybridized carbons (Fsp3) is 0.222. The highest BCUT2D eigenvalue weighted by molar-refractivity contribution is 9.10. The van der Waals surface area contributed by atoms with Crippen LogP contribution in [-0.2, 0) is 4.74 Å². The van der Waals surface area contributed by atoms with Gasteiger partial charge in [-0.05, 0) is 11.6 Å². The smallest absolute Gasteiger partial charge is 0.407 e. The van der Waals surface area contributed by atoms with Crippen LogP contribution in [0.3, 0.4) is 0 Å². The Morgan fingerprint density at radius 1 is 1.46 bits per heavy atom. The number of nitrogens with one attached hydrogen (secondary N) is 1. The second-order valence-corrected chi connectivity index (χ2v) is 3.67.